The van der Waals surface area contributed by atoms with Crippen LogP contribution < -0.4 is 0 Å². The summed E-state index contributed by atoms with van der Waals surface area (Å²) in [6.45, 7) is 2.31. The minimum Gasteiger partial charge on any atom is -0.466 e. The normalized spacial score (nSPS) is 18.2. The first-order chi connectivity index (χ1) is 13.8. The van der Waals surface area contributed by atoms with Crippen LogP contribution >= 0.6 is 0 Å². The third kappa shape index (κ3) is 2.37. The summed E-state index contributed by atoms with van der Waals surface area (Å²) < 4.78 is 5.25. The highest BCUT2D eigenvalue weighted by molar-refractivity contribution is 5.84. The van der Waals surface area contributed by atoms with E-state index in [0.29, 0.717) is 13.0 Å². The van der Waals surface area contributed by atoms with E-state index in [-0.39, 0.29) is 17.3 Å². The van der Waals surface area contributed by atoms with E-state index >= 15 is 0 Å². The molecule has 0 N–H and O–H groups in total. The van der Waals surface area contributed by atoms with Gasteiger partial charge in [-0.3, -0.25) is 4.79 Å². The Morgan fingerprint density at radius 2 is 1.46 bits per heavy atom. The van der Waals surface area contributed by atoms with Crippen LogP contribution in [0.15, 0.2) is 72.8 Å². The third-order valence-corrected chi connectivity index (χ3v) is 6.51. The fraction of sp³-hybridized carbons (Fsp3) is 0.269. The smallest absolute Gasteiger partial charge is 0.306 e. The highest BCUT2D eigenvalue weighted by atomic mass is 16.5. The molecule has 0 radical (unpaired) electrons. The molecular weight excluding hydrogens is 344 g/mol. The van der Waals surface area contributed by atoms with Crippen LogP contribution in [0, 0.1) is 0 Å². The lowest BCUT2D eigenvalue weighted by molar-refractivity contribution is -0.143. The second-order valence-electron chi connectivity index (χ2n) is 7.83. The van der Waals surface area contributed by atoms with Gasteiger partial charge in [0.2, 0.25) is 0 Å². The monoisotopic (exact) mass is 368 g/mol. The molecule has 0 heterocycles. The lowest BCUT2D eigenvalue weighted by Gasteiger charge is -2.41. The predicted molar refractivity (Wildman–Crippen MR) is 111 cm³/mol. The summed E-state index contributed by atoms with van der Waals surface area (Å²) in [7, 11) is 0. The average molecular weight is 368 g/mol. The van der Waals surface area contributed by atoms with Crippen molar-refractivity contribution in [2.24, 2.45) is 0 Å². The van der Waals surface area contributed by atoms with Crippen molar-refractivity contribution in [2.45, 2.75) is 37.5 Å². The number of benzene rings is 3. The number of fused-ring (bicyclic) bond motifs is 7. The van der Waals surface area contributed by atoms with Crippen LogP contribution in [0.2, 0.25) is 0 Å². The quantitative estimate of drug-likeness (QED) is 0.544. The molecule has 5 rings (SSSR count). The number of esters is 1. The molecule has 2 aliphatic rings. The number of rotatable bonds is 3. The van der Waals surface area contributed by atoms with Gasteiger partial charge in [-0.25, -0.2) is 0 Å². The van der Waals surface area contributed by atoms with Crippen LogP contribution in [-0.2, 0) is 14.9 Å². The van der Waals surface area contributed by atoms with Gasteiger partial charge >= 0.3 is 5.97 Å². The van der Waals surface area contributed by atoms with Gasteiger partial charge in [-0.15, -0.1) is 0 Å². The maximum absolute atomic E-state index is 12.2. The topological polar surface area (TPSA) is 26.3 Å². The molecule has 1 spiro atoms. The van der Waals surface area contributed by atoms with Gasteiger partial charge in [0.25, 0.3) is 0 Å². The van der Waals surface area contributed by atoms with Crippen LogP contribution in [0.3, 0.4) is 0 Å². The Hall–Kier alpha value is -2.87. The summed E-state index contributed by atoms with van der Waals surface area (Å²) in [4.78, 5) is 12.2. The standard InChI is InChI=1S/C26H24O2/c1-2-28-25(27)17-18-15-16-26(22-12-6-3-9-19(18)22)23-13-7-4-10-20(23)21-11-5-8-14-24(21)26/h3-14,18H,2,15-17H2,1H3. The van der Waals surface area contributed by atoms with Crippen LogP contribution in [0.5, 0.6) is 0 Å². The van der Waals surface area contributed by atoms with E-state index in [9.17, 15) is 4.79 Å². The Morgan fingerprint density at radius 1 is 0.893 bits per heavy atom. The van der Waals surface area contributed by atoms with E-state index < -0.39 is 0 Å². The minimum atomic E-state index is -0.116. The Balaban J connectivity index is 1.70. The van der Waals surface area contributed by atoms with Crippen LogP contribution in [0.4, 0.5) is 0 Å². The molecule has 0 aromatic heterocycles. The molecule has 0 fully saturated rings. The summed E-state index contributed by atoms with van der Waals surface area (Å²) in [5.41, 5.74) is 8.03. The van der Waals surface area contributed by atoms with Gasteiger partial charge < -0.3 is 4.74 Å². The maximum Gasteiger partial charge on any atom is 0.306 e. The highest BCUT2D eigenvalue weighted by Gasteiger charge is 2.48. The second kappa shape index (κ2) is 6.63. The van der Waals surface area contributed by atoms with E-state index in [1.165, 1.54) is 33.4 Å². The molecule has 0 saturated carbocycles. The molecular formula is C26H24O2. The van der Waals surface area contributed by atoms with Gasteiger partial charge in [0.1, 0.15) is 0 Å². The van der Waals surface area contributed by atoms with Crippen LogP contribution in [0.1, 0.15) is 54.4 Å². The largest absolute Gasteiger partial charge is 0.466 e. The molecule has 2 aliphatic carbocycles. The molecule has 140 valence electrons. The lowest BCUT2D eigenvalue weighted by atomic mass is 9.61. The minimum absolute atomic E-state index is 0.0922. The zero-order valence-corrected chi connectivity index (χ0v) is 16.2. The van der Waals surface area contributed by atoms with Crippen molar-refractivity contribution in [1.82, 2.24) is 0 Å². The Kier molecular flexibility index (Phi) is 4.08. The molecule has 3 aromatic carbocycles. The first kappa shape index (κ1) is 17.2. The lowest BCUT2D eigenvalue weighted by Crippen LogP contribution is -2.33. The second-order valence-corrected chi connectivity index (χ2v) is 7.83. The van der Waals surface area contributed by atoms with Crippen molar-refractivity contribution in [1.29, 1.82) is 0 Å². The maximum atomic E-state index is 12.2. The number of hydrogen-bond donors (Lipinski definition) is 0. The number of hydrogen-bond acceptors (Lipinski definition) is 2. The van der Waals surface area contributed by atoms with Crippen molar-refractivity contribution >= 4 is 5.97 Å². The molecule has 0 aliphatic heterocycles. The fourth-order valence-corrected chi connectivity index (χ4v) is 5.44. The average Bonchev–Trinajstić information content (AvgIpc) is 3.02. The first-order valence-corrected chi connectivity index (χ1v) is 10.2. The Labute approximate surface area is 166 Å². The summed E-state index contributed by atoms with van der Waals surface area (Å²) >= 11 is 0. The van der Waals surface area contributed by atoms with E-state index in [1.807, 2.05) is 6.92 Å². The molecule has 0 bridgehead atoms. The summed E-state index contributed by atoms with van der Waals surface area (Å²) in [6, 6.07) is 26.4. The van der Waals surface area contributed by atoms with E-state index in [2.05, 4.69) is 72.8 Å². The number of carbonyl (C=O) groups excluding carboxylic acids is 1. The zero-order chi connectivity index (χ0) is 19.1. The van der Waals surface area contributed by atoms with Crippen molar-refractivity contribution < 1.29 is 9.53 Å². The van der Waals surface area contributed by atoms with Gasteiger partial charge in [0.05, 0.1) is 13.0 Å². The van der Waals surface area contributed by atoms with Gasteiger partial charge in [0.15, 0.2) is 0 Å². The number of ether oxygens (including phenoxy) is 1. The molecule has 1 atom stereocenters. The fourth-order valence-electron chi connectivity index (χ4n) is 5.44. The molecule has 28 heavy (non-hydrogen) atoms. The SMILES string of the molecule is CCOC(=O)CC1CCC2(c3ccccc3-c3ccccc32)c2ccccc21. The van der Waals surface area contributed by atoms with Crippen molar-refractivity contribution in [2.75, 3.05) is 6.61 Å². The Bertz CT molecular complexity index is 1000. The molecule has 0 saturated heterocycles. The molecule has 0 amide bonds. The zero-order valence-electron chi connectivity index (χ0n) is 16.2. The van der Waals surface area contributed by atoms with Crippen molar-refractivity contribution in [3.8, 4) is 11.1 Å². The van der Waals surface area contributed by atoms with Crippen LogP contribution in [0.25, 0.3) is 11.1 Å². The molecule has 2 heteroatoms. The van der Waals surface area contributed by atoms with Crippen molar-refractivity contribution in [3.63, 3.8) is 0 Å². The molecule has 3 aromatic rings. The van der Waals surface area contributed by atoms with Gasteiger partial charge in [-0.05, 0) is 59.1 Å². The van der Waals surface area contributed by atoms with E-state index in [4.69, 9.17) is 4.74 Å². The summed E-state index contributed by atoms with van der Waals surface area (Å²) in [5.74, 6) is 0.131. The van der Waals surface area contributed by atoms with E-state index in [0.717, 1.165) is 12.8 Å². The summed E-state index contributed by atoms with van der Waals surface area (Å²) in [5, 5.41) is 0. The third-order valence-electron chi connectivity index (χ3n) is 6.51. The highest BCUT2D eigenvalue weighted by Crippen LogP contribution is 2.59. The van der Waals surface area contributed by atoms with Crippen molar-refractivity contribution in [3.05, 3.63) is 95.1 Å². The van der Waals surface area contributed by atoms with Crippen LogP contribution in [-0.4, -0.2) is 12.6 Å². The molecule has 2 nitrogen and oxygen atoms in total. The van der Waals surface area contributed by atoms with Gasteiger partial charge in [-0.1, -0.05) is 72.8 Å². The molecule has 1 unspecified atom stereocenters. The van der Waals surface area contributed by atoms with Gasteiger partial charge in [-0.2, -0.15) is 0 Å². The summed E-state index contributed by atoms with van der Waals surface area (Å²) in [6.07, 6.45) is 2.46. The predicted octanol–water partition coefficient (Wildman–Crippen LogP) is 5.83. The van der Waals surface area contributed by atoms with Gasteiger partial charge in [0, 0.05) is 5.41 Å². The first-order valence-electron chi connectivity index (χ1n) is 10.2. The Morgan fingerprint density at radius 3 is 2.11 bits per heavy atom. The van der Waals surface area contributed by atoms with E-state index in [1.54, 1.807) is 0 Å². The number of carbonyl (C=O) groups is 1.